The number of aromatic nitrogens is 14. The number of hydrogen-bond donors (Lipinski definition) is 12. The molecule has 5 atom stereocenters. The Morgan fingerprint density at radius 1 is 0.667 bits per heavy atom. The van der Waals surface area contributed by atoms with Crippen molar-refractivity contribution in [2.45, 2.75) is 174 Å². The largest absolute Gasteiger partial charge is 0.619 e. The molecule has 0 spiro atoms. The van der Waals surface area contributed by atoms with Crippen molar-refractivity contribution in [2.24, 2.45) is 23.2 Å². The summed E-state index contributed by atoms with van der Waals surface area (Å²) in [7, 11) is 0. The summed E-state index contributed by atoms with van der Waals surface area (Å²) < 4.78 is 6.61. The number of nitrogen functional groups attached to an aromatic ring is 2. The molecule has 14 N–H and O–H groups in total. The summed E-state index contributed by atoms with van der Waals surface area (Å²) in [6, 6.07) is 5.67. The maximum Gasteiger partial charge on any atom is 0.251 e. The lowest BCUT2D eigenvalue weighted by Crippen LogP contribution is -2.52. The zero-order chi connectivity index (χ0) is 65.7. The second-order valence-electron chi connectivity index (χ2n) is 26.2. The van der Waals surface area contributed by atoms with E-state index in [-0.39, 0.29) is 91.0 Å². The van der Waals surface area contributed by atoms with Gasteiger partial charge in [-0.05, 0) is 130 Å². The van der Waals surface area contributed by atoms with Crippen LogP contribution in [0.15, 0.2) is 77.3 Å². The van der Waals surface area contributed by atoms with E-state index in [1.165, 1.54) is 37.7 Å². The summed E-state index contributed by atoms with van der Waals surface area (Å²) >= 11 is 6.14. The SMILES string of the molecule is CC(C)n1cnc2c(NC3=CC(Cl)=CCC3=O)nc(N[C@@H]3CC4CCC3(CO)CC4)nc21.CC(C)n1cnc2c(Nc3cc(N)[nH]c(=O)c3)nc(N[C@H]3CCCC[C@H]3CCO)nc21.CC(C)n1cnc2c(Nc3cc(N)c[n+]([O-])c3)nc(N[C@@H]3CCCC[C@@H]3CO)nc21. The predicted octanol–water partition coefficient (Wildman–Crippen LogP) is 9.26. The molecule has 0 aliphatic heterocycles. The van der Waals surface area contributed by atoms with Gasteiger partial charge >= 0.3 is 0 Å². The molecule has 14 rings (SSSR count). The van der Waals surface area contributed by atoms with Gasteiger partial charge in [-0.2, -0.15) is 34.6 Å². The third-order valence-corrected chi connectivity index (χ3v) is 19.0. The van der Waals surface area contributed by atoms with Gasteiger partial charge in [0.15, 0.2) is 56.7 Å². The maximum atomic E-state index is 12.4. The van der Waals surface area contributed by atoms with Crippen LogP contribution in [-0.4, -0.2) is 123 Å². The van der Waals surface area contributed by atoms with Crippen molar-refractivity contribution in [1.82, 2.24) is 63.5 Å². The highest BCUT2D eigenvalue weighted by Gasteiger charge is 2.48. The summed E-state index contributed by atoms with van der Waals surface area (Å²) in [5.41, 5.74) is 16.9. The lowest BCUT2D eigenvalue weighted by atomic mass is 9.58. The number of ketones is 1. The summed E-state index contributed by atoms with van der Waals surface area (Å²) in [6.45, 7) is 12.9. The molecular formula is C64H87ClN22O6. The number of halogens is 1. The van der Waals surface area contributed by atoms with Crippen LogP contribution in [-0.2, 0) is 4.79 Å². The Hall–Kier alpha value is -8.73. The van der Waals surface area contributed by atoms with Crippen molar-refractivity contribution in [3.63, 3.8) is 0 Å². The first-order valence-electron chi connectivity index (χ1n) is 32.5. The van der Waals surface area contributed by atoms with Gasteiger partial charge in [-0.25, -0.2) is 15.0 Å². The minimum Gasteiger partial charge on any atom is -0.619 e. The smallest absolute Gasteiger partial charge is 0.251 e. The Kier molecular flexibility index (Phi) is 20.3. The van der Waals surface area contributed by atoms with Crippen LogP contribution in [0.1, 0.15) is 156 Å². The lowest BCUT2D eigenvalue weighted by molar-refractivity contribution is -0.603. The summed E-state index contributed by atoms with van der Waals surface area (Å²) in [6.07, 6.45) is 26.3. The maximum absolute atomic E-state index is 12.4. The van der Waals surface area contributed by atoms with E-state index >= 15 is 0 Å². The van der Waals surface area contributed by atoms with Gasteiger partial charge in [-0.1, -0.05) is 43.4 Å². The average Bonchev–Trinajstić information content (AvgIpc) is 1.78. The summed E-state index contributed by atoms with van der Waals surface area (Å²) in [5, 5.41) is 61.7. The van der Waals surface area contributed by atoms with Gasteiger partial charge < -0.3 is 82.6 Å². The Bertz CT molecular complexity index is 4050. The molecule has 28 nitrogen and oxygen atoms in total. The number of pyridine rings is 2. The fourth-order valence-electron chi connectivity index (χ4n) is 13.6. The van der Waals surface area contributed by atoms with Crippen LogP contribution < -0.4 is 53.7 Å². The first-order valence-corrected chi connectivity index (χ1v) is 32.9. The van der Waals surface area contributed by atoms with E-state index in [1.807, 2.05) is 13.7 Å². The van der Waals surface area contributed by atoms with Crippen LogP contribution in [0.5, 0.6) is 0 Å². The van der Waals surface area contributed by atoms with Crippen molar-refractivity contribution in [1.29, 1.82) is 0 Å². The third kappa shape index (κ3) is 15.0. The second kappa shape index (κ2) is 28.6. The van der Waals surface area contributed by atoms with Crippen molar-refractivity contribution in [3.8, 4) is 0 Å². The van der Waals surface area contributed by atoms with Gasteiger partial charge in [-0.15, -0.1) is 0 Å². The quantitative estimate of drug-likeness (QED) is 0.0265. The minimum absolute atomic E-state index is 0.0530. The summed E-state index contributed by atoms with van der Waals surface area (Å²) in [5.74, 6) is 4.39. The van der Waals surface area contributed by atoms with Crippen LogP contribution in [0.3, 0.4) is 0 Å². The molecule has 0 aromatic carbocycles. The van der Waals surface area contributed by atoms with Crippen molar-refractivity contribution < 1.29 is 24.8 Å². The zero-order valence-electron chi connectivity index (χ0n) is 53.6. The standard InChI is InChI=1S/C23H29ClN6O2.C21H30N8O2.C20H28N8O2/c1-13(2)30-12-25-19-20(26-16-10-15(24)3-4-17(16)32)28-22(29-21(19)30)27-18-9-14-5-7-23(18,11-31)8-6-14;1-12(2)29-11-23-18-19(24-14-9-16(22)26-17(31)10-14)27-21(28-20(18)29)25-15-6-4-3-5-13(15)7-8-30;1-12(2)28-11-22-17-18(23-15-7-14(21)8-27(30)9-15)25-20(26-19(17)28)24-16-6-4-3-5-13(16)10-29/h3,10,12-14,18,31H,4-9,11H2,1-2H3,(H2,26,27,28,29);9-13,15,30H,3-8H2,1-2H3,(H5,22,24,25,26,27,28,31);7-9,11-13,16,29H,3-6,10,21H2,1-2H3,(H2,23,24,25,26)/t14?,18-,23?;13-,15-;13-,16-/m101/s1. The number of nitrogens with zero attached hydrogens (tertiary/aromatic N) is 13. The van der Waals surface area contributed by atoms with Gasteiger partial charge in [0.05, 0.1) is 37.0 Å². The lowest BCUT2D eigenvalue weighted by Gasteiger charge is -2.51. The first kappa shape index (κ1) is 65.8. The number of carbonyl (C=O) groups is 1. The van der Waals surface area contributed by atoms with E-state index in [1.54, 1.807) is 43.3 Å². The molecule has 496 valence electrons. The molecule has 2 bridgehead atoms. The Labute approximate surface area is 543 Å². The number of anilines is 10. The number of aliphatic hydroxyl groups is 3. The molecule has 0 amide bonds. The molecule has 8 aromatic heterocycles. The number of hydrogen-bond acceptors (Lipinski definition) is 23. The third-order valence-electron chi connectivity index (χ3n) is 18.7. The normalized spacial score (nSPS) is 22.1. The minimum atomic E-state index is -0.298. The van der Waals surface area contributed by atoms with Crippen LogP contribution in [0.4, 0.5) is 58.2 Å². The number of Topliss-reactive ketones (excluding diaryl/α,β-unsaturated/α-hetero) is 1. The van der Waals surface area contributed by atoms with E-state index in [2.05, 4.69) is 98.4 Å². The Balaban J connectivity index is 0.000000143. The molecule has 0 radical (unpaired) electrons. The topological polar surface area (TPSA) is 393 Å². The van der Waals surface area contributed by atoms with Gasteiger partial charge in [0.2, 0.25) is 30.2 Å². The van der Waals surface area contributed by atoms with Crippen LogP contribution in [0.2, 0.25) is 0 Å². The summed E-state index contributed by atoms with van der Waals surface area (Å²) in [4.78, 5) is 68.7. The first-order chi connectivity index (χ1) is 44.8. The Morgan fingerprint density at radius 2 is 1.18 bits per heavy atom. The predicted molar refractivity (Wildman–Crippen MR) is 361 cm³/mol. The molecule has 8 heterocycles. The van der Waals surface area contributed by atoms with Gasteiger partial charge in [0, 0.05) is 90.1 Å². The molecule has 8 aromatic rings. The van der Waals surface area contributed by atoms with Crippen molar-refractivity contribution in [2.75, 3.05) is 63.2 Å². The van der Waals surface area contributed by atoms with Crippen LogP contribution in [0, 0.1) is 28.4 Å². The number of nitrogens with one attached hydrogen (secondary N) is 7. The molecule has 5 saturated carbocycles. The fraction of sp³-hybridized carbons (Fsp3) is 0.531. The molecule has 5 fully saturated rings. The zero-order valence-corrected chi connectivity index (χ0v) is 54.4. The molecule has 29 heteroatoms. The van der Waals surface area contributed by atoms with E-state index in [4.69, 9.17) is 48.0 Å². The van der Waals surface area contributed by atoms with Crippen molar-refractivity contribution >= 4 is 109 Å². The van der Waals surface area contributed by atoms with Gasteiger partial charge in [0.25, 0.3) is 5.56 Å². The number of nitrogens with two attached hydrogens (primary N) is 2. The van der Waals surface area contributed by atoms with Gasteiger partial charge in [0.1, 0.15) is 11.5 Å². The van der Waals surface area contributed by atoms with E-state index < -0.39 is 0 Å². The number of aliphatic hydroxyl groups excluding tert-OH is 3. The number of H-pyrrole nitrogens is 1. The van der Waals surface area contributed by atoms with E-state index in [9.17, 15) is 30.1 Å². The number of fused-ring (bicyclic) bond motifs is 6. The molecular weight excluding hydrogens is 1210 g/mol. The fourth-order valence-corrected chi connectivity index (χ4v) is 13.8. The molecule has 6 aliphatic rings. The molecule has 0 unspecified atom stereocenters. The highest BCUT2D eigenvalue weighted by atomic mass is 35.5. The average molecular weight is 1300 g/mol. The number of carbonyl (C=O) groups excluding carboxylic acids is 1. The Morgan fingerprint density at radius 3 is 1.70 bits per heavy atom. The number of aromatic amines is 1. The number of rotatable bonds is 19. The highest BCUT2D eigenvalue weighted by Crippen LogP contribution is 2.51. The highest BCUT2D eigenvalue weighted by molar-refractivity contribution is 6.32. The number of imidazole rings is 3. The molecule has 6 aliphatic carbocycles. The van der Waals surface area contributed by atoms with Crippen LogP contribution in [0.25, 0.3) is 33.5 Å². The van der Waals surface area contributed by atoms with E-state index in [0.717, 1.165) is 70.6 Å². The van der Waals surface area contributed by atoms with Crippen LogP contribution >= 0.6 is 11.6 Å². The van der Waals surface area contributed by atoms with Crippen molar-refractivity contribution in [3.05, 3.63) is 88.0 Å². The number of allylic oxidation sites excluding steroid dienone is 4. The van der Waals surface area contributed by atoms with E-state index in [0.29, 0.717) is 113 Å². The second-order valence-corrected chi connectivity index (χ2v) is 26.6. The molecule has 0 saturated heterocycles. The van der Waals surface area contributed by atoms with Gasteiger partial charge in [-0.3, -0.25) is 9.59 Å². The molecule has 93 heavy (non-hydrogen) atoms. The monoisotopic (exact) mass is 1290 g/mol.